The Balaban J connectivity index is 1.14. The van der Waals surface area contributed by atoms with Crippen LogP contribution in [-0.2, 0) is 10.4 Å². The van der Waals surface area contributed by atoms with Crippen molar-refractivity contribution in [2.45, 2.75) is 56.3 Å². The highest BCUT2D eigenvalue weighted by atomic mass is 35.5. The number of anilines is 1. The van der Waals surface area contributed by atoms with Crippen LogP contribution in [0.5, 0.6) is 0 Å². The first-order chi connectivity index (χ1) is 18.4. The van der Waals surface area contributed by atoms with Crippen LogP contribution in [0.1, 0.15) is 54.4 Å². The number of piperidine rings is 1. The number of alkyl halides is 3. The van der Waals surface area contributed by atoms with Gasteiger partial charge in [-0.15, -0.1) is 0 Å². The molecule has 5 rings (SSSR count). The first-order valence-electron chi connectivity index (χ1n) is 13.4. The molecule has 2 amide bonds. The molecule has 2 saturated carbocycles. The van der Waals surface area contributed by atoms with Gasteiger partial charge in [-0.05, 0) is 68.1 Å². The molecule has 0 bridgehead atoms. The number of nitrogens with zero attached hydrogens (tertiary/aromatic N) is 2. The number of rotatable bonds is 8. The van der Waals surface area contributed by atoms with E-state index in [0.717, 1.165) is 67.9 Å². The van der Waals surface area contributed by atoms with Gasteiger partial charge < -0.3 is 20.2 Å². The molecule has 2 aromatic rings. The van der Waals surface area contributed by atoms with E-state index in [2.05, 4.69) is 10.2 Å². The van der Waals surface area contributed by atoms with Crippen molar-refractivity contribution < 1.29 is 27.9 Å². The van der Waals surface area contributed by atoms with Crippen LogP contribution in [0.25, 0.3) is 0 Å². The van der Waals surface area contributed by atoms with Crippen LogP contribution < -0.4 is 10.2 Å². The molecular weight excluding hydrogens is 531 g/mol. The number of carbonyl (C=O) groups is 2. The third-order valence-electron chi connectivity index (χ3n) is 8.66. The number of nitrogens with one attached hydrogen (secondary N) is 1. The lowest BCUT2D eigenvalue weighted by atomic mass is 9.89. The minimum atomic E-state index is -5.14. The summed E-state index contributed by atoms with van der Waals surface area (Å²) in [6.45, 7) is 1.77. The van der Waals surface area contributed by atoms with E-state index < -0.39 is 23.2 Å². The van der Waals surface area contributed by atoms with E-state index in [-0.39, 0.29) is 23.9 Å². The molecule has 2 N–H and O–H groups in total. The summed E-state index contributed by atoms with van der Waals surface area (Å²) in [6.07, 6.45) is 0.311. The summed E-state index contributed by atoms with van der Waals surface area (Å²) in [6, 6.07) is 12.3. The second-order valence-corrected chi connectivity index (χ2v) is 11.7. The SMILES string of the molecule is CN(CC[C@H]1CC12CCN(c1ccc(C(=O)NC3CC3)c(Cl)c1)CC2)C(=O)[C@](O)(c1ccccc1)C(F)(F)F. The van der Waals surface area contributed by atoms with Crippen molar-refractivity contribution in [1.82, 2.24) is 10.2 Å². The average molecular weight is 564 g/mol. The summed E-state index contributed by atoms with van der Waals surface area (Å²) in [5, 5.41) is 14.0. The molecule has 10 heteroatoms. The Morgan fingerprint density at radius 3 is 2.38 bits per heavy atom. The Hall–Kier alpha value is -2.78. The summed E-state index contributed by atoms with van der Waals surface area (Å²) in [7, 11) is 1.32. The molecule has 0 unspecified atom stereocenters. The van der Waals surface area contributed by atoms with E-state index in [9.17, 15) is 27.9 Å². The van der Waals surface area contributed by atoms with Crippen LogP contribution in [0.2, 0.25) is 5.02 Å². The Kier molecular flexibility index (Phi) is 7.35. The molecule has 1 heterocycles. The summed E-state index contributed by atoms with van der Waals surface area (Å²) in [5.41, 5.74) is -2.49. The minimum Gasteiger partial charge on any atom is -0.371 e. The highest BCUT2D eigenvalue weighted by molar-refractivity contribution is 6.34. The lowest BCUT2D eigenvalue weighted by Crippen LogP contribution is -2.55. The van der Waals surface area contributed by atoms with Crippen molar-refractivity contribution in [3.63, 3.8) is 0 Å². The lowest BCUT2D eigenvalue weighted by molar-refractivity contribution is -0.261. The maximum atomic E-state index is 13.9. The van der Waals surface area contributed by atoms with Crippen molar-refractivity contribution in [3.8, 4) is 0 Å². The van der Waals surface area contributed by atoms with Crippen LogP contribution in [0.15, 0.2) is 48.5 Å². The summed E-state index contributed by atoms with van der Waals surface area (Å²) in [4.78, 5) is 28.5. The van der Waals surface area contributed by atoms with Gasteiger partial charge in [0.2, 0.25) is 0 Å². The summed E-state index contributed by atoms with van der Waals surface area (Å²) < 4.78 is 41.6. The monoisotopic (exact) mass is 563 g/mol. The van der Waals surface area contributed by atoms with E-state index >= 15 is 0 Å². The average Bonchev–Trinajstić information content (AvgIpc) is 3.84. The molecular formula is C29H33ClF3N3O3. The number of carbonyl (C=O) groups excluding carboxylic acids is 2. The summed E-state index contributed by atoms with van der Waals surface area (Å²) >= 11 is 6.43. The normalized spacial score (nSPS) is 21.8. The number of likely N-dealkylation sites (N-methyl/N-ethyl adjacent to an activating group) is 1. The van der Waals surface area contributed by atoms with Gasteiger partial charge in [0, 0.05) is 44.0 Å². The van der Waals surface area contributed by atoms with Crippen LogP contribution in [-0.4, -0.2) is 60.7 Å². The summed E-state index contributed by atoms with van der Waals surface area (Å²) in [5.74, 6) is -1.19. The van der Waals surface area contributed by atoms with Gasteiger partial charge in [-0.3, -0.25) is 9.59 Å². The van der Waals surface area contributed by atoms with Gasteiger partial charge in [0.1, 0.15) is 0 Å². The Labute approximate surface area is 231 Å². The quantitative estimate of drug-likeness (QED) is 0.467. The van der Waals surface area contributed by atoms with Gasteiger partial charge >= 0.3 is 6.18 Å². The number of halogens is 4. The highest BCUT2D eigenvalue weighted by Gasteiger charge is 2.62. The van der Waals surface area contributed by atoms with Gasteiger partial charge in [0.05, 0.1) is 10.6 Å². The molecule has 2 atom stereocenters. The Morgan fingerprint density at radius 1 is 1.13 bits per heavy atom. The zero-order chi connectivity index (χ0) is 28.0. The zero-order valence-corrected chi connectivity index (χ0v) is 22.6. The van der Waals surface area contributed by atoms with Crippen molar-refractivity contribution in [2.75, 3.05) is 31.6 Å². The van der Waals surface area contributed by atoms with Gasteiger partial charge in [0.15, 0.2) is 0 Å². The standard InChI is InChI=1S/C29H33ClF3N3O3/c1-35(26(38)28(39,29(31,32)33)19-5-3-2-4-6-19)14-11-20-18-27(20)12-15-36(16-13-27)22-9-10-23(24(30)17-22)25(37)34-21-7-8-21/h2-6,9-10,17,20-21,39H,7-8,11-16,18H2,1H3,(H,34,37)/t20-,28+/m0/s1. The lowest BCUT2D eigenvalue weighted by Gasteiger charge is -2.35. The molecule has 2 aromatic carbocycles. The van der Waals surface area contributed by atoms with Gasteiger partial charge in [-0.25, -0.2) is 0 Å². The fourth-order valence-corrected chi connectivity index (χ4v) is 6.11. The van der Waals surface area contributed by atoms with Crippen LogP contribution in [0, 0.1) is 11.3 Å². The number of hydrogen-bond acceptors (Lipinski definition) is 4. The van der Waals surface area contributed by atoms with Gasteiger partial charge in [-0.2, -0.15) is 13.2 Å². The molecule has 39 heavy (non-hydrogen) atoms. The van der Waals surface area contributed by atoms with Crippen molar-refractivity contribution in [3.05, 3.63) is 64.7 Å². The highest BCUT2D eigenvalue weighted by Crippen LogP contribution is 2.61. The number of aliphatic hydroxyl groups is 1. The molecule has 0 radical (unpaired) electrons. The number of hydrogen-bond donors (Lipinski definition) is 2. The maximum Gasteiger partial charge on any atom is 0.430 e. The molecule has 0 aromatic heterocycles. The fraction of sp³-hybridized carbons (Fsp3) is 0.517. The molecule has 1 saturated heterocycles. The van der Waals surface area contributed by atoms with Crippen molar-refractivity contribution in [1.29, 1.82) is 0 Å². The largest absolute Gasteiger partial charge is 0.430 e. The molecule has 1 aliphatic heterocycles. The molecule has 2 aliphatic carbocycles. The first-order valence-corrected chi connectivity index (χ1v) is 13.8. The van der Waals surface area contributed by atoms with E-state index in [1.54, 1.807) is 6.07 Å². The topological polar surface area (TPSA) is 72.9 Å². The van der Waals surface area contributed by atoms with Crippen LogP contribution >= 0.6 is 11.6 Å². The fourth-order valence-electron chi connectivity index (χ4n) is 5.85. The van der Waals surface area contributed by atoms with Crippen LogP contribution in [0.4, 0.5) is 18.9 Å². The Morgan fingerprint density at radius 2 is 1.79 bits per heavy atom. The minimum absolute atomic E-state index is 0.133. The smallest absolute Gasteiger partial charge is 0.371 e. The number of amides is 2. The second-order valence-electron chi connectivity index (χ2n) is 11.3. The predicted octanol–water partition coefficient (Wildman–Crippen LogP) is 5.14. The van der Waals surface area contributed by atoms with E-state index in [1.165, 1.54) is 25.2 Å². The van der Waals surface area contributed by atoms with Gasteiger partial charge in [-0.1, -0.05) is 41.9 Å². The molecule has 3 aliphatic rings. The van der Waals surface area contributed by atoms with Crippen molar-refractivity contribution >= 4 is 29.1 Å². The third kappa shape index (κ3) is 5.48. The second kappa shape index (κ2) is 10.3. The maximum absolute atomic E-state index is 13.9. The molecule has 6 nitrogen and oxygen atoms in total. The van der Waals surface area contributed by atoms with Crippen LogP contribution in [0.3, 0.4) is 0 Å². The van der Waals surface area contributed by atoms with E-state index in [1.807, 2.05) is 12.1 Å². The molecule has 210 valence electrons. The van der Waals surface area contributed by atoms with E-state index in [0.29, 0.717) is 22.9 Å². The van der Waals surface area contributed by atoms with Gasteiger partial charge in [0.25, 0.3) is 17.4 Å². The third-order valence-corrected chi connectivity index (χ3v) is 8.98. The molecule has 3 fully saturated rings. The van der Waals surface area contributed by atoms with Crippen molar-refractivity contribution in [2.24, 2.45) is 11.3 Å². The molecule has 1 spiro atoms. The zero-order valence-electron chi connectivity index (χ0n) is 21.8. The number of benzene rings is 2. The first kappa shape index (κ1) is 27.8. The van der Waals surface area contributed by atoms with E-state index in [4.69, 9.17) is 11.6 Å². The predicted molar refractivity (Wildman–Crippen MR) is 143 cm³/mol. The Bertz CT molecular complexity index is 1230.